The summed E-state index contributed by atoms with van der Waals surface area (Å²) in [5.74, 6) is -0.900. The van der Waals surface area contributed by atoms with E-state index in [-0.39, 0.29) is 30.8 Å². The lowest BCUT2D eigenvalue weighted by Crippen LogP contribution is -2.31. The molecule has 0 saturated carbocycles. The molecule has 1 aromatic carbocycles. The molecule has 1 heterocycles. The summed E-state index contributed by atoms with van der Waals surface area (Å²) in [6.45, 7) is 0.0966. The Labute approximate surface area is 109 Å². The zero-order valence-corrected chi connectivity index (χ0v) is 10.1. The van der Waals surface area contributed by atoms with Crippen LogP contribution in [-0.4, -0.2) is 24.4 Å². The fraction of sp³-hybridized carbons (Fsp3) is 0.154. The molecule has 98 valence electrons. The third-order valence-electron chi connectivity index (χ3n) is 2.67. The van der Waals surface area contributed by atoms with Crippen LogP contribution in [0.15, 0.2) is 36.4 Å². The topological polar surface area (TPSA) is 92.5 Å². The second-order valence-electron chi connectivity index (χ2n) is 3.99. The molecule has 0 bridgehead atoms. The van der Waals surface area contributed by atoms with Crippen molar-refractivity contribution in [2.75, 3.05) is 11.6 Å². The van der Waals surface area contributed by atoms with E-state index < -0.39 is 0 Å². The van der Waals surface area contributed by atoms with E-state index in [1.807, 2.05) is 0 Å². The van der Waals surface area contributed by atoms with Gasteiger partial charge in [0.1, 0.15) is 0 Å². The molecular weight excluding hydrogens is 246 g/mol. The molecule has 1 aliphatic rings. The minimum atomic E-state index is -0.362. The van der Waals surface area contributed by atoms with Gasteiger partial charge in [0, 0.05) is 12.2 Å². The molecule has 3 amide bonds. The van der Waals surface area contributed by atoms with Crippen molar-refractivity contribution >= 4 is 23.4 Å². The first-order chi connectivity index (χ1) is 9.11. The second-order valence-corrected chi connectivity index (χ2v) is 3.99. The molecule has 0 aromatic heterocycles. The molecule has 3 N–H and O–H groups in total. The molecule has 2 rings (SSSR count). The standard InChI is InChI=1S/C13H13N3O3/c14-8-15-11(17)7-9-1-3-10(4-2-9)16-12(18)5-6-13(16)19/h1-6H,7-8,14H2,(H,15,17). The van der Waals surface area contributed by atoms with E-state index in [9.17, 15) is 14.4 Å². The van der Waals surface area contributed by atoms with Crippen molar-refractivity contribution in [1.82, 2.24) is 5.32 Å². The number of hydrogen-bond donors (Lipinski definition) is 2. The lowest BCUT2D eigenvalue weighted by molar-refractivity contribution is -0.121. The quantitative estimate of drug-likeness (QED) is 0.573. The first-order valence-electron chi connectivity index (χ1n) is 5.73. The number of nitrogens with zero attached hydrogens (tertiary/aromatic N) is 1. The van der Waals surface area contributed by atoms with Gasteiger partial charge in [-0.15, -0.1) is 0 Å². The number of nitrogens with two attached hydrogens (primary N) is 1. The van der Waals surface area contributed by atoms with Gasteiger partial charge in [-0.3, -0.25) is 14.4 Å². The van der Waals surface area contributed by atoms with Crippen molar-refractivity contribution in [2.24, 2.45) is 5.73 Å². The van der Waals surface area contributed by atoms with Crippen LogP contribution in [0.25, 0.3) is 0 Å². The lowest BCUT2D eigenvalue weighted by atomic mass is 10.1. The van der Waals surface area contributed by atoms with Crippen LogP contribution in [0.3, 0.4) is 0 Å². The molecule has 6 heteroatoms. The number of imide groups is 1. The molecule has 0 fully saturated rings. The molecule has 6 nitrogen and oxygen atoms in total. The summed E-state index contributed by atoms with van der Waals surface area (Å²) in [6, 6.07) is 6.66. The third kappa shape index (κ3) is 2.86. The van der Waals surface area contributed by atoms with Crippen molar-refractivity contribution in [3.05, 3.63) is 42.0 Å². The number of carbonyl (C=O) groups excluding carboxylic acids is 3. The smallest absolute Gasteiger partial charge is 0.258 e. The van der Waals surface area contributed by atoms with E-state index in [0.29, 0.717) is 5.69 Å². The van der Waals surface area contributed by atoms with Crippen LogP contribution in [0, 0.1) is 0 Å². The van der Waals surface area contributed by atoms with Crippen molar-refractivity contribution in [2.45, 2.75) is 6.42 Å². The molecular formula is C13H13N3O3. The van der Waals surface area contributed by atoms with E-state index in [0.717, 1.165) is 10.5 Å². The maximum absolute atomic E-state index is 11.5. The number of carbonyl (C=O) groups is 3. The zero-order chi connectivity index (χ0) is 13.8. The van der Waals surface area contributed by atoms with Crippen molar-refractivity contribution in [3.63, 3.8) is 0 Å². The van der Waals surface area contributed by atoms with Crippen LogP contribution in [0.2, 0.25) is 0 Å². The number of benzene rings is 1. The normalized spacial score (nSPS) is 14.1. The first-order valence-corrected chi connectivity index (χ1v) is 5.73. The van der Waals surface area contributed by atoms with Crippen LogP contribution in [0.1, 0.15) is 5.56 Å². The summed E-state index contributed by atoms with van der Waals surface area (Å²) in [4.78, 5) is 35.4. The van der Waals surface area contributed by atoms with Gasteiger partial charge in [0.15, 0.2) is 0 Å². The van der Waals surface area contributed by atoms with Gasteiger partial charge < -0.3 is 11.1 Å². The largest absolute Gasteiger partial charge is 0.343 e. The summed E-state index contributed by atoms with van der Waals surface area (Å²) < 4.78 is 0. The highest BCUT2D eigenvalue weighted by molar-refractivity contribution is 6.28. The molecule has 0 atom stereocenters. The van der Waals surface area contributed by atoms with E-state index >= 15 is 0 Å². The highest BCUT2D eigenvalue weighted by atomic mass is 16.2. The van der Waals surface area contributed by atoms with Crippen molar-refractivity contribution in [3.8, 4) is 0 Å². The predicted molar refractivity (Wildman–Crippen MR) is 69.0 cm³/mol. The van der Waals surface area contributed by atoms with Gasteiger partial charge in [-0.05, 0) is 17.7 Å². The predicted octanol–water partition coefficient (Wildman–Crippen LogP) is -0.309. The van der Waals surface area contributed by atoms with E-state index in [4.69, 9.17) is 5.73 Å². The molecule has 1 aromatic rings. The lowest BCUT2D eigenvalue weighted by Gasteiger charge is -2.14. The van der Waals surface area contributed by atoms with Gasteiger partial charge in [-0.25, -0.2) is 4.90 Å². The number of anilines is 1. The molecule has 0 saturated heterocycles. The minimum Gasteiger partial charge on any atom is -0.343 e. The maximum Gasteiger partial charge on any atom is 0.258 e. The highest BCUT2D eigenvalue weighted by Crippen LogP contribution is 2.19. The number of amides is 3. The average molecular weight is 259 g/mol. The van der Waals surface area contributed by atoms with E-state index in [2.05, 4.69) is 5.32 Å². The SMILES string of the molecule is NCNC(=O)Cc1ccc(N2C(=O)C=CC2=O)cc1. The van der Waals surface area contributed by atoms with Crippen molar-refractivity contribution < 1.29 is 14.4 Å². The molecule has 0 radical (unpaired) electrons. The fourth-order valence-electron chi connectivity index (χ4n) is 1.78. The van der Waals surface area contributed by atoms with Crippen molar-refractivity contribution in [1.29, 1.82) is 0 Å². The zero-order valence-electron chi connectivity index (χ0n) is 10.1. The monoisotopic (exact) mass is 259 g/mol. The van der Waals surface area contributed by atoms with Gasteiger partial charge >= 0.3 is 0 Å². The summed E-state index contributed by atoms with van der Waals surface area (Å²) in [6.07, 6.45) is 2.66. The molecule has 1 aliphatic heterocycles. The molecule has 19 heavy (non-hydrogen) atoms. The summed E-state index contributed by atoms with van der Waals surface area (Å²) in [5.41, 5.74) is 6.47. The average Bonchev–Trinajstić information content (AvgIpc) is 2.71. The van der Waals surface area contributed by atoms with Crippen LogP contribution >= 0.6 is 0 Å². The number of hydrogen-bond acceptors (Lipinski definition) is 4. The minimum absolute atomic E-state index is 0.0966. The molecule has 0 spiro atoms. The Morgan fingerprint density at radius 1 is 1.11 bits per heavy atom. The summed E-state index contributed by atoms with van der Waals surface area (Å²) >= 11 is 0. The maximum atomic E-state index is 11.5. The van der Waals surface area contributed by atoms with E-state index in [1.54, 1.807) is 24.3 Å². The Bertz CT molecular complexity index is 531. The van der Waals surface area contributed by atoms with Crippen LogP contribution < -0.4 is 16.0 Å². The summed E-state index contributed by atoms with van der Waals surface area (Å²) in [7, 11) is 0. The fourth-order valence-corrected chi connectivity index (χ4v) is 1.78. The third-order valence-corrected chi connectivity index (χ3v) is 2.67. The second kappa shape index (κ2) is 5.45. The highest BCUT2D eigenvalue weighted by Gasteiger charge is 2.24. The van der Waals surface area contributed by atoms with Crippen LogP contribution in [0.4, 0.5) is 5.69 Å². The van der Waals surface area contributed by atoms with Gasteiger partial charge in [-0.1, -0.05) is 12.1 Å². The Morgan fingerprint density at radius 2 is 1.68 bits per heavy atom. The van der Waals surface area contributed by atoms with Crippen LogP contribution in [-0.2, 0) is 20.8 Å². The van der Waals surface area contributed by atoms with E-state index in [1.165, 1.54) is 12.2 Å². The van der Waals surface area contributed by atoms with Gasteiger partial charge in [-0.2, -0.15) is 0 Å². The molecule has 0 unspecified atom stereocenters. The Hall–Kier alpha value is -2.47. The van der Waals surface area contributed by atoms with Gasteiger partial charge in [0.05, 0.1) is 18.8 Å². The Morgan fingerprint density at radius 3 is 2.21 bits per heavy atom. The Kier molecular flexibility index (Phi) is 3.72. The van der Waals surface area contributed by atoms with Gasteiger partial charge in [0.2, 0.25) is 5.91 Å². The summed E-state index contributed by atoms with van der Waals surface area (Å²) in [5, 5.41) is 2.49. The molecule has 0 aliphatic carbocycles. The number of rotatable bonds is 4. The van der Waals surface area contributed by atoms with Gasteiger partial charge in [0.25, 0.3) is 11.8 Å². The number of nitrogens with one attached hydrogen (secondary N) is 1. The first kappa shape index (κ1) is 13.0. The Balaban J connectivity index is 2.09. The van der Waals surface area contributed by atoms with Crippen LogP contribution in [0.5, 0.6) is 0 Å².